The second kappa shape index (κ2) is 8.61. The second-order valence-electron chi connectivity index (χ2n) is 4.01. The highest BCUT2D eigenvalue weighted by Gasteiger charge is 2.14. The summed E-state index contributed by atoms with van der Waals surface area (Å²) in [4.78, 5) is 36.5. The molecule has 0 rings (SSSR count). The third kappa shape index (κ3) is 5.25. The minimum Gasteiger partial charge on any atom is -0.343 e. The van der Waals surface area contributed by atoms with Crippen molar-refractivity contribution in [3.8, 4) is 0 Å². The van der Waals surface area contributed by atoms with E-state index in [9.17, 15) is 14.4 Å². The third-order valence-electron chi connectivity index (χ3n) is 2.84. The number of nitrogens with zero attached hydrogens (tertiary/aromatic N) is 1. The smallest absolute Gasteiger partial charge is 0.230 e. The first-order valence-electron chi connectivity index (χ1n) is 6.54. The normalized spacial score (nSPS) is 11.2. The second-order valence-corrected chi connectivity index (χ2v) is 4.01. The monoisotopic (exact) mass is 253 g/mol. The predicted molar refractivity (Wildman–Crippen MR) is 71.2 cm³/mol. The summed E-state index contributed by atoms with van der Waals surface area (Å²) in [6.45, 7) is 8.54. The van der Waals surface area contributed by atoms with Crippen LogP contribution in [-0.2, 0) is 14.4 Å². The number of rotatable bonds is 8. The van der Waals surface area contributed by atoms with Gasteiger partial charge in [-0.1, -0.05) is 13.8 Å². The van der Waals surface area contributed by atoms with E-state index >= 15 is 0 Å². The van der Waals surface area contributed by atoms with Crippen LogP contribution in [0.5, 0.6) is 0 Å². The molecule has 18 heavy (non-hydrogen) atoms. The van der Waals surface area contributed by atoms with E-state index in [0.717, 1.165) is 0 Å². The number of hydrogen-bond acceptors (Lipinski definition) is 3. The lowest BCUT2D eigenvalue weighted by molar-refractivity contribution is -0.134. The van der Waals surface area contributed by atoms with E-state index in [4.69, 9.17) is 0 Å². The van der Waals surface area contributed by atoms with Crippen molar-refractivity contribution in [1.82, 2.24) is 4.90 Å². The number of Topliss-reactive ketones (excluding diaryl/α,β-unsaturated/α-hetero) is 1. The van der Waals surface area contributed by atoms with Gasteiger partial charge < -0.3 is 4.90 Å². The zero-order valence-electron chi connectivity index (χ0n) is 11.8. The lowest BCUT2D eigenvalue weighted by Crippen LogP contribution is -2.31. The van der Waals surface area contributed by atoms with Gasteiger partial charge in [0.15, 0.2) is 11.6 Å². The molecule has 0 aromatic carbocycles. The summed E-state index contributed by atoms with van der Waals surface area (Å²) in [6, 6.07) is 0. The lowest BCUT2D eigenvalue weighted by atomic mass is 10.0. The van der Waals surface area contributed by atoms with Gasteiger partial charge in [-0.15, -0.1) is 0 Å². The van der Waals surface area contributed by atoms with Crippen LogP contribution in [0.3, 0.4) is 0 Å². The number of amides is 1. The van der Waals surface area contributed by atoms with Crippen molar-refractivity contribution in [1.29, 1.82) is 0 Å². The van der Waals surface area contributed by atoms with Gasteiger partial charge in [0.2, 0.25) is 5.91 Å². The molecule has 0 aromatic heterocycles. The molecule has 0 saturated heterocycles. The molecule has 4 heteroatoms. The Morgan fingerprint density at radius 3 is 1.89 bits per heavy atom. The van der Waals surface area contributed by atoms with Crippen LogP contribution in [0, 0.1) is 0 Å². The third-order valence-corrected chi connectivity index (χ3v) is 2.84. The molecule has 0 atom stereocenters. The Morgan fingerprint density at radius 1 is 0.944 bits per heavy atom. The molecule has 0 radical (unpaired) electrons. The van der Waals surface area contributed by atoms with E-state index in [-0.39, 0.29) is 23.9 Å². The van der Waals surface area contributed by atoms with Crippen LogP contribution in [0.15, 0.2) is 11.6 Å². The largest absolute Gasteiger partial charge is 0.343 e. The average molecular weight is 253 g/mol. The molecule has 0 aromatic rings. The van der Waals surface area contributed by atoms with Crippen molar-refractivity contribution in [2.75, 3.05) is 13.1 Å². The SMILES string of the molecule is CCC(=O)/C(=C/C(=O)CC(=O)N(CC)CC)CC. The molecule has 1 amide bonds. The van der Waals surface area contributed by atoms with Crippen molar-refractivity contribution in [2.24, 2.45) is 0 Å². The van der Waals surface area contributed by atoms with Crippen molar-refractivity contribution in [2.45, 2.75) is 47.0 Å². The van der Waals surface area contributed by atoms with Crippen LogP contribution in [-0.4, -0.2) is 35.5 Å². The molecule has 0 saturated carbocycles. The zero-order chi connectivity index (χ0) is 14.1. The molecule has 4 nitrogen and oxygen atoms in total. The van der Waals surface area contributed by atoms with Crippen molar-refractivity contribution >= 4 is 17.5 Å². The van der Waals surface area contributed by atoms with Crippen molar-refractivity contribution < 1.29 is 14.4 Å². The van der Waals surface area contributed by atoms with Gasteiger partial charge in [0.25, 0.3) is 0 Å². The Hall–Kier alpha value is -1.45. The summed E-state index contributed by atoms with van der Waals surface area (Å²) in [6.07, 6.45) is 2.09. The highest BCUT2D eigenvalue weighted by atomic mass is 16.2. The van der Waals surface area contributed by atoms with Gasteiger partial charge in [-0.05, 0) is 31.9 Å². The van der Waals surface area contributed by atoms with Crippen LogP contribution in [0.2, 0.25) is 0 Å². The molecule has 102 valence electrons. The summed E-state index contributed by atoms with van der Waals surface area (Å²) in [7, 11) is 0. The predicted octanol–water partition coefficient (Wildman–Crippen LogP) is 2.13. The molecule has 0 N–H and O–H groups in total. The summed E-state index contributed by atoms with van der Waals surface area (Å²) in [5, 5.41) is 0. The van der Waals surface area contributed by atoms with Gasteiger partial charge in [-0.3, -0.25) is 14.4 Å². The Balaban J connectivity index is 4.62. The van der Waals surface area contributed by atoms with Gasteiger partial charge in [0, 0.05) is 19.5 Å². The number of hydrogen-bond donors (Lipinski definition) is 0. The van der Waals surface area contributed by atoms with Gasteiger partial charge >= 0.3 is 0 Å². The highest BCUT2D eigenvalue weighted by Crippen LogP contribution is 2.07. The Morgan fingerprint density at radius 2 is 1.50 bits per heavy atom. The molecule has 0 aliphatic rings. The number of carbonyl (C=O) groups is 3. The number of ketones is 2. The maximum atomic E-state index is 11.7. The summed E-state index contributed by atoms with van der Waals surface area (Å²) >= 11 is 0. The van der Waals surface area contributed by atoms with Crippen LogP contribution in [0.25, 0.3) is 0 Å². The molecular formula is C14H23NO3. The van der Waals surface area contributed by atoms with E-state index in [2.05, 4.69) is 0 Å². The standard InChI is InChI=1S/C14H23NO3/c1-5-11(13(17)6-2)9-12(16)10-14(18)15(7-3)8-4/h9H,5-8,10H2,1-4H3/b11-9+. The molecule has 0 aliphatic heterocycles. The van der Waals surface area contributed by atoms with Gasteiger partial charge in [-0.2, -0.15) is 0 Å². The van der Waals surface area contributed by atoms with E-state index in [0.29, 0.717) is 31.5 Å². The average Bonchev–Trinajstić information content (AvgIpc) is 2.36. The number of carbonyl (C=O) groups excluding carboxylic acids is 3. The molecule has 0 heterocycles. The molecule has 0 unspecified atom stereocenters. The van der Waals surface area contributed by atoms with Crippen molar-refractivity contribution in [3.05, 3.63) is 11.6 Å². The molecule has 0 bridgehead atoms. The zero-order valence-corrected chi connectivity index (χ0v) is 11.8. The maximum Gasteiger partial charge on any atom is 0.230 e. The van der Waals surface area contributed by atoms with Crippen LogP contribution >= 0.6 is 0 Å². The van der Waals surface area contributed by atoms with E-state index in [1.54, 1.807) is 11.8 Å². The quantitative estimate of drug-likeness (QED) is 0.492. The fourth-order valence-corrected chi connectivity index (χ4v) is 1.69. The van der Waals surface area contributed by atoms with E-state index < -0.39 is 0 Å². The Kier molecular flexibility index (Phi) is 7.92. The first-order chi connectivity index (χ1) is 8.49. The minimum atomic E-state index is -0.287. The van der Waals surface area contributed by atoms with Crippen molar-refractivity contribution in [3.63, 3.8) is 0 Å². The van der Waals surface area contributed by atoms with Gasteiger partial charge in [0.1, 0.15) is 0 Å². The molecule has 0 spiro atoms. The van der Waals surface area contributed by atoms with Gasteiger partial charge in [-0.25, -0.2) is 0 Å². The number of allylic oxidation sites excluding steroid dienone is 2. The topological polar surface area (TPSA) is 54.5 Å². The molecule has 0 aliphatic carbocycles. The molecule has 0 fully saturated rings. The Labute approximate surface area is 109 Å². The van der Waals surface area contributed by atoms with E-state index in [1.807, 2.05) is 20.8 Å². The fraction of sp³-hybridized carbons (Fsp3) is 0.643. The van der Waals surface area contributed by atoms with Crippen LogP contribution in [0.4, 0.5) is 0 Å². The fourth-order valence-electron chi connectivity index (χ4n) is 1.69. The summed E-state index contributed by atoms with van der Waals surface area (Å²) in [5.41, 5.74) is 0.509. The minimum absolute atomic E-state index is 0.0267. The van der Waals surface area contributed by atoms with Crippen LogP contribution < -0.4 is 0 Å². The summed E-state index contributed by atoms with van der Waals surface area (Å²) in [5.74, 6) is -0.493. The maximum absolute atomic E-state index is 11.7. The Bertz CT molecular complexity index is 341. The van der Waals surface area contributed by atoms with Gasteiger partial charge in [0.05, 0.1) is 6.42 Å². The summed E-state index contributed by atoms with van der Waals surface area (Å²) < 4.78 is 0. The highest BCUT2D eigenvalue weighted by molar-refractivity contribution is 6.08. The first kappa shape index (κ1) is 16.6. The van der Waals surface area contributed by atoms with E-state index in [1.165, 1.54) is 6.08 Å². The molecular weight excluding hydrogens is 230 g/mol. The first-order valence-corrected chi connectivity index (χ1v) is 6.54. The van der Waals surface area contributed by atoms with Crippen LogP contribution in [0.1, 0.15) is 47.0 Å². The lowest BCUT2D eigenvalue weighted by Gasteiger charge is -2.17.